The molecule has 2 aromatic rings. The Balaban J connectivity index is 1.17. The van der Waals surface area contributed by atoms with Crippen molar-refractivity contribution in [3.05, 3.63) is 59.4 Å². The summed E-state index contributed by atoms with van der Waals surface area (Å²) in [5, 5.41) is 0. The molecular formula is C26H34N4O. The van der Waals surface area contributed by atoms with Gasteiger partial charge < -0.3 is 9.80 Å². The quantitative estimate of drug-likeness (QED) is 0.764. The fraction of sp³-hybridized carbons (Fsp3) is 0.538. The summed E-state index contributed by atoms with van der Waals surface area (Å²) in [7, 11) is 0. The highest BCUT2D eigenvalue weighted by Crippen LogP contribution is 2.28. The first-order valence-corrected chi connectivity index (χ1v) is 12.0. The van der Waals surface area contributed by atoms with E-state index in [0.717, 1.165) is 37.8 Å². The first-order valence-electron chi connectivity index (χ1n) is 12.0. The molecule has 3 aliphatic rings. The number of rotatable bonds is 4. The molecule has 0 N–H and O–H groups in total. The maximum atomic E-state index is 12.7. The lowest BCUT2D eigenvalue weighted by Crippen LogP contribution is -2.49. The standard InChI is InChI=1S/C26H34N4O/c31-26(19-21-7-11-27-12-8-21)30-17-15-29(16-18-30)25-6-5-22-9-13-28(14-10-23(22)20-25)24-3-1-2-4-24/h5-8,11-12,20,24H,1-4,9-10,13-19H2. The minimum atomic E-state index is 0.222. The summed E-state index contributed by atoms with van der Waals surface area (Å²) in [5.41, 5.74) is 5.44. The largest absolute Gasteiger partial charge is 0.368 e. The minimum Gasteiger partial charge on any atom is -0.368 e. The summed E-state index contributed by atoms with van der Waals surface area (Å²) in [6.07, 6.45) is 12.0. The molecule has 5 rings (SSSR count). The van der Waals surface area contributed by atoms with Gasteiger partial charge in [0.05, 0.1) is 6.42 Å². The van der Waals surface area contributed by atoms with Crippen molar-refractivity contribution < 1.29 is 4.79 Å². The molecule has 0 radical (unpaired) electrons. The Kier molecular flexibility index (Phi) is 6.21. The van der Waals surface area contributed by atoms with Gasteiger partial charge >= 0.3 is 0 Å². The number of hydrogen-bond acceptors (Lipinski definition) is 4. The second-order valence-corrected chi connectivity index (χ2v) is 9.33. The lowest BCUT2D eigenvalue weighted by atomic mass is 10.0. The number of carbonyl (C=O) groups is 1. The molecule has 0 spiro atoms. The summed E-state index contributed by atoms with van der Waals surface area (Å²) >= 11 is 0. The Hall–Kier alpha value is -2.40. The van der Waals surface area contributed by atoms with Crippen molar-refractivity contribution in [3.8, 4) is 0 Å². The number of pyridine rings is 1. The molecule has 2 fully saturated rings. The van der Waals surface area contributed by atoms with Crippen LogP contribution in [0.4, 0.5) is 5.69 Å². The molecule has 5 heteroatoms. The summed E-state index contributed by atoms with van der Waals surface area (Å²) in [6.45, 7) is 5.85. The van der Waals surface area contributed by atoms with Gasteiger partial charge in [0.1, 0.15) is 0 Å². The lowest BCUT2D eigenvalue weighted by molar-refractivity contribution is -0.130. The molecule has 0 bridgehead atoms. The second kappa shape index (κ2) is 9.39. The zero-order chi connectivity index (χ0) is 21.0. The topological polar surface area (TPSA) is 39.7 Å². The normalized spacial score (nSPS) is 20.5. The van der Waals surface area contributed by atoms with Gasteiger partial charge in [0.2, 0.25) is 5.91 Å². The molecule has 1 aromatic carbocycles. The zero-order valence-corrected chi connectivity index (χ0v) is 18.5. The van der Waals surface area contributed by atoms with Crippen LogP contribution >= 0.6 is 0 Å². The van der Waals surface area contributed by atoms with Crippen LogP contribution in [0.15, 0.2) is 42.7 Å². The van der Waals surface area contributed by atoms with Crippen LogP contribution in [0.25, 0.3) is 0 Å². The van der Waals surface area contributed by atoms with E-state index in [-0.39, 0.29) is 5.91 Å². The molecule has 0 unspecified atom stereocenters. The van der Waals surface area contributed by atoms with E-state index in [1.165, 1.54) is 68.4 Å². The number of piperazine rings is 1. The Bertz CT molecular complexity index is 886. The fourth-order valence-electron chi connectivity index (χ4n) is 5.56. The Labute approximate surface area is 186 Å². The smallest absolute Gasteiger partial charge is 0.227 e. The van der Waals surface area contributed by atoms with Gasteiger partial charge in [0.15, 0.2) is 0 Å². The molecule has 1 saturated carbocycles. The van der Waals surface area contributed by atoms with E-state index in [4.69, 9.17) is 0 Å². The summed E-state index contributed by atoms with van der Waals surface area (Å²) in [6, 6.07) is 11.8. The van der Waals surface area contributed by atoms with E-state index in [1.54, 1.807) is 12.4 Å². The molecule has 164 valence electrons. The van der Waals surface area contributed by atoms with Gasteiger partial charge in [-0.25, -0.2) is 0 Å². The summed E-state index contributed by atoms with van der Waals surface area (Å²) < 4.78 is 0. The van der Waals surface area contributed by atoms with Gasteiger partial charge in [0, 0.05) is 63.4 Å². The summed E-state index contributed by atoms with van der Waals surface area (Å²) in [4.78, 5) is 23.9. The van der Waals surface area contributed by atoms with Crippen LogP contribution < -0.4 is 4.90 Å². The third-order valence-corrected chi connectivity index (χ3v) is 7.47. The van der Waals surface area contributed by atoms with Gasteiger partial charge in [-0.15, -0.1) is 0 Å². The molecule has 0 atom stereocenters. The van der Waals surface area contributed by atoms with Gasteiger partial charge in [-0.1, -0.05) is 18.9 Å². The highest BCUT2D eigenvalue weighted by atomic mass is 16.2. The minimum absolute atomic E-state index is 0.222. The number of hydrogen-bond donors (Lipinski definition) is 0. The van der Waals surface area contributed by atoms with Crippen molar-refractivity contribution >= 4 is 11.6 Å². The lowest BCUT2D eigenvalue weighted by Gasteiger charge is -2.36. The number of amides is 1. The molecular weight excluding hydrogens is 384 g/mol. The predicted molar refractivity (Wildman–Crippen MR) is 124 cm³/mol. The zero-order valence-electron chi connectivity index (χ0n) is 18.5. The van der Waals surface area contributed by atoms with E-state index in [9.17, 15) is 4.79 Å². The number of anilines is 1. The van der Waals surface area contributed by atoms with Crippen molar-refractivity contribution in [1.82, 2.24) is 14.8 Å². The molecule has 2 aliphatic heterocycles. The monoisotopic (exact) mass is 418 g/mol. The second-order valence-electron chi connectivity index (χ2n) is 9.33. The van der Waals surface area contributed by atoms with Crippen molar-refractivity contribution in [2.24, 2.45) is 0 Å². The third kappa shape index (κ3) is 4.77. The number of benzene rings is 1. The predicted octanol–water partition coefficient (Wildman–Crippen LogP) is 3.32. The average Bonchev–Trinajstić information content (AvgIpc) is 3.27. The van der Waals surface area contributed by atoms with Crippen molar-refractivity contribution in [2.45, 2.75) is 51.0 Å². The molecule has 1 aliphatic carbocycles. The third-order valence-electron chi connectivity index (χ3n) is 7.47. The van der Waals surface area contributed by atoms with Crippen molar-refractivity contribution in [2.75, 3.05) is 44.2 Å². The number of fused-ring (bicyclic) bond motifs is 1. The van der Waals surface area contributed by atoms with Gasteiger partial charge in [-0.3, -0.25) is 14.7 Å². The average molecular weight is 419 g/mol. The van der Waals surface area contributed by atoms with Crippen LogP contribution in [-0.4, -0.2) is 66.0 Å². The van der Waals surface area contributed by atoms with E-state index in [2.05, 4.69) is 33.0 Å². The van der Waals surface area contributed by atoms with E-state index in [0.29, 0.717) is 6.42 Å². The maximum absolute atomic E-state index is 12.7. The molecule has 1 amide bonds. The Morgan fingerprint density at radius 3 is 2.32 bits per heavy atom. The van der Waals surface area contributed by atoms with Gasteiger partial charge in [-0.05, 0) is 66.6 Å². The number of carbonyl (C=O) groups excluding carboxylic acids is 1. The molecule has 5 nitrogen and oxygen atoms in total. The maximum Gasteiger partial charge on any atom is 0.227 e. The Morgan fingerprint density at radius 2 is 1.58 bits per heavy atom. The first-order chi connectivity index (χ1) is 15.3. The summed E-state index contributed by atoms with van der Waals surface area (Å²) in [5.74, 6) is 0.222. The van der Waals surface area contributed by atoms with Gasteiger partial charge in [0.25, 0.3) is 0 Å². The van der Waals surface area contributed by atoms with E-state index < -0.39 is 0 Å². The highest BCUT2D eigenvalue weighted by molar-refractivity contribution is 5.79. The fourth-order valence-corrected chi connectivity index (χ4v) is 5.56. The SMILES string of the molecule is O=C(Cc1ccncc1)N1CCN(c2ccc3c(c2)CCN(C2CCCC2)CC3)CC1. The Morgan fingerprint density at radius 1 is 0.871 bits per heavy atom. The van der Waals surface area contributed by atoms with E-state index >= 15 is 0 Å². The van der Waals surface area contributed by atoms with Crippen LogP contribution in [0, 0.1) is 0 Å². The van der Waals surface area contributed by atoms with Crippen LogP contribution in [0.3, 0.4) is 0 Å². The van der Waals surface area contributed by atoms with Gasteiger partial charge in [-0.2, -0.15) is 0 Å². The van der Waals surface area contributed by atoms with Crippen LogP contribution in [0.5, 0.6) is 0 Å². The van der Waals surface area contributed by atoms with Crippen molar-refractivity contribution in [1.29, 1.82) is 0 Å². The van der Waals surface area contributed by atoms with Crippen LogP contribution in [0.2, 0.25) is 0 Å². The number of nitrogens with zero attached hydrogens (tertiary/aromatic N) is 4. The van der Waals surface area contributed by atoms with Crippen molar-refractivity contribution in [3.63, 3.8) is 0 Å². The van der Waals surface area contributed by atoms with Crippen LogP contribution in [-0.2, 0) is 24.1 Å². The van der Waals surface area contributed by atoms with Crippen LogP contribution in [0.1, 0.15) is 42.4 Å². The molecule has 31 heavy (non-hydrogen) atoms. The highest BCUT2D eigenvalue weighted by Gasteiger charge is 2.25. The molecule has 1 aromatic heterocycles. The molecule has 3 heterocycles. The van der Waals surface area contributed by atoms with E-state index in [1.807, 2.05) is 17.0 Å². The first kappa shape index (κ1) is 20.5. The number of aromatic nitrogens is 1. The molecule has 1 saturated heterocycles.